The molecular weight excluding hydrogens is 275 g/mol. The number of nitrogens with two attached hydrogens (primary N) is 1. The fourth-order valence-corrected chi connectivity index (χ4v) is 4.17. The van der Waals surface area contributed by atoms with E-state index in [1.807, 2.05) is 6.92 Å². The Bertz CT molecular complexity index is 461. The van der Waals surface area contributed by atoms with Crippen molar-refractivity contribution in [2.45, 2.75) is 48.3 Å². The van der Waals surface area contributed by atoms with Crippen LogP contribution in [0.25, 0.3) is 0 Å². The molecule has 110 valence electrons. The second kappa shape index (κ2) is 6.59. The number of thioether (sulfide) groups is 1. The summed E-state index contributed by atoms with van der Waals surface area (Å²) < 4.78 is 12.9. The number of halogens is 1. The number of amides is 1. The van der Waals surface area contributed by atoms with Gasteiger partial charge in [-0.3, -0.25) is 4.79 Å². The molecule has 0 aliphatic heterocycles. The van der Waals surface area contributed by atoms with Crippen LogP contribution in [-0.4, -0.2) is 23.2 Å². The lowest BCUT2D eigenvalue weighted by Crippen LogP contribution is -2.58. The van der Waals surface area contributed by atoms with Crippen LogP contribution in [-0.2, 0) is 4.79 Å². The molecule has 1 amide bonds. The SMILES string of the molecule is CCNC1(C(N)=O)CCCC(Sc2ccc(F)cc2)C1. The molecule has 1 aliphatic carbocycles. The zero-order valence-corrected chi connectivity index (χ0v) is 12.5. The van der Waals surface area contributed by atoms with Crippen LogP contribution in [0.1, 0.15) is 32.6 Å². The molecule has 0 aromatic heterocycles. The molecule has 20 heavy (non-hydrogen) atoms. The van der Waals surface area contributed by atoms with Gasteiger partial charge in [-0.1, -0.05) is 6.92 Å². The second-order valence-corrected chi connectivity index (χ2v) is 6.64. The van der Waals surface area contributed by atoms with E-state index in [4.69, 9.17) is 5.73 Å². The van der Waals surface area contributed by atoms with Crippen LogP contribution in [0.5, 0.6) is 0 Å². The molecule has 2 atom stereocenters. The molecule has 3 nitrogen and oxygen atoms in total. The number of benzene rings is 1. The number of hydrogen-bond acceptors (Lipinski definition) is 3. The lowest BCUT2D eigenvalue weighted by molar-refractivity contribution is -0.125. The summed E-state index contributed by atoms with van der Waals surface area (Å²) in [5.74, 6) is -0.485. The molecule has 1 saturated carbocycles. The molecule has 2 rings (SSSR count). The summed E-state index contributed by atoms with van der Waals surface area (Å²) in [6.45, 7) is 2.72. The zero-order valence-electron chi connectivity index (χ0n) is 11.7. The minimum absolute atomic E-state index is 0.225. The summed E-state index contributed by atoms with van der Waals surface area (Å²) >= 11 is 1.70. The quantitative estimate of drug-likeness (QED) is 0.878. The highest BCUT2D eigenvalue weighted by molar-refractivity contribution is 8.00. The van der Waals surface area contributed by atoms with Crippen LogP contribution >= 0.6 is 11.8 Å². The van der Waals surface area contributed by atoms with Gasteiger partial charge in [-0.15, -0.1) is 11.8 Å². The van der Waals surface area contributed by atoms with Crippen LogP contribution in [0.15, 0.2) is 29.2 Å². The highest BCUT2D eigenvalue weighted by Gasteiger charge is 2.40. The van der Waals surface area contributed by atoms with Gasteiger partial charge in [-0.2, -0.15) is 0 Å². The average molecular weight is 296 g/mol. The molecule has 0 radical (unpaired) electrons. The summed E-state index contributed by atoms with van der Waals surface area (Å²) in [5, 5.41) is 3.61. The fourth-order valence-electron chi connectivity index (χ4n) is 2.84. The number of hydrogen-bond donors (Lipinski definition) is 2. The Morgan fingerprint density at radius 3 is 2.80 bits per heavy atom. The Hall–Kier alpha value is -1.07. The van der Waals surface area contributed by atoms with E-state index in [1.54, 1.807) is 23.9 Å². The predicted molar refractivity (Wildman–Crippen MR) is 80.1 cm³/mol. The van der Waals surface area contributed by atoms with E-state index in [-0.39, 0.29) is 11.7 Å². The van der Waals surface area contributed by atoms with Crippen LogP contribution in [0.2, 0.25) is 0 Å². The van der Waals surface area contributed by atoms with E-state index in [2.05, 4.69) is 5.32 Å². The normalized spacial score (nSPS) is 26.4. The Balaban J connectivity index is 2.05. The predicted octanol–water partition coefficient (Wildman–Crippen LogP) is 2.69. The van der Waals surface area contributed by atoms with E-state index in [0.717, 1.165) is 37.1 Å². The van der Waals surface area contributed by atoms with Gasteiger partial charge in [0, 0.05) is 10.1 Å². The number of primary amides is 1. The molecule has 5 heteroatoms. The maximum atomic E-state index is 12.9. The summed E-state index contributed by atoms with van der Waals surface area (Å²) in [7, 11) is 0. The van der Waals surface area contributed by atoms with E-state index in [9.17, 15) is 9.18 Å². The van der Waals surface area contributed by atoms with Gasteiger partial charge in [0.2, 0.25) is 5.91 Å². The van der Waals surface area contributed by atoms with Gasteiger partial charge in [0.25, 0.3) is 0 Å². The van der Waals surface area contributed by atoms with Gasteiger partial charge in [0.15, 0.2) is 0 Å². The third kappa shape index (κ3) is 3.52. The molecule has 3 N–H and O–H groups in total. The minimum atomic E-state index is -0.579. The van der Waals surface area contributed by atoms with Crippen molar-refractivity contribution in [1.29, 1.82) is 0 Å². The number of nitrogens with one attached hydrogen (secondary N) is 1. The number of rotatable bonds is 5. The first-order chi connectivity index (χ1) is 9.55. The first-order valence-corrected chi connectivity index (χ1v) is 7.91. The van der Waals surface area contributed by atoms with Crippen molar-refractivity contribution in [3.05, 3.63) is 30.1 Å². The van der Waals surface area contributed by atoms with Crippen molar-refractivity contribution >= 4 is 17.7 Å². The highest BCUT2D eigenvalue weighted by Crippen LogP contribution is 2.38. The van der Waals surface area contributed by atoms with Gasteiger partial charge < -0.3 is 11.1 Å². The Morgan fingerprint density at radius 2 is 2.20 bits per heavy atom. The molecular formula is C15H21FN2OS. The number of likely N-dealkylation sites (N-methyl/N-ethyl adjacent to an activating group) is 1. The molecule has 1 aliphatic rings. The van der Waals surface area contributed by atoms with Crippen molar-refractivity contribution in [3.8, 4) is 0 Å². The van der Waals surface area contributed by atoms with Crippen LogP contribution in [0.3, 0.4) is 0 Å². The van der Waals surface area contributed by atoms with Crippen LogP contribution in [0, 0.1) is 5.82 Å². The lowest BCUT2D eigenvalue weighted by Gasteiger charge is -2.38. The van der Waals surface area contributed by atoms with E-state index < -0.39 is 5.54 Å². The van der Waals surface area contributed by atoms with Crippen LogP contribution < -0.4 is 11.1 Å². The first kappa shape index (κ1) is 15.3. The summed E-state index contributed by atoms with van der Waals surface area (Å²) in [6.07, 6.45) is 3.58. The molecule has 0 bridgehead atoms. The first-order valence-electron chi connectivity index (χ1n) is 7.03. The van der Waals surface area contributed by atoms with Gasteiger partial charge >= 0.3 is 0 Å². The third-order valence-electron chi connectivity index (χ3n) is 3.81. The van der Waals surface area contributed by atoms with Gasteiger partial charge in [-0.25, -0.2) is 4.39 Å². The standard InChI is InChI=1S/C15H21FN2OS/c1-2-18-15(14(17)19)9-3-4-13(10-15)20-12-7-5-11(16)6-8-12/h5-8,13,18H,2-4,9-10H2,1H3,(H2,17,19). The summed E-state index contributed by atoms with van der Waals surface area (Å²) in [6, 6.07) is 6.51. The highest BCUT2D eigenvalue weighted by atomic mass is 32.2. The van der Waals surface area contributed by atoms with Crippen LogP contribution in [0.4, 0.5) is 4.39 Å². The summed E-state index contributed by atoms with van der Waals surface area (Å²) in [4.78, 5) is 12.8. The lowest BCUT2D eigenvalue weighted by atomic mass is 9.80. The maximum absolute atomic E-state index is 12.9. The molecule has 0 heterocycles. The summed E-state index contributed by atoms with van der Waals surface area (Å²) in [5.41, 5.74) is 5.02. The smallest absolute Gasteiger partial charge is 0.237 e. The van der Waals surface area contributed by atoms with Crippen molar-refractivity contribution in [2.75, 3.05) is 6.54 Å². The van der Waals surface area contributed by atoms with Gasteiger partial charge in [-0.05, 0) is 56.5 Å². The number of carbonyl (C=O) groups excluding carboxylic acids is 1. The molecule has 0 spiro atoms. The molecule has 0 saturated heterocycles. The second-order valence-electron chi connectivity index (χ2n) is 5.27. The Labute approximate surface area is 123 Å². The van der Waals surface area contributed by atoms with Gasteiger partial charge in [0.1, 0.15) is 5.82 Å². The monoisotopic (exact) mass is 296 g/mol. The average Bonchev–Trinajstić information content (AvgIpc) is 2.42. The Kier molecular flexibility index (Phi) is 5.05. The van der Waals surface area contributed by atoms with Crippen molar-refractivity contribution < 1.29 is 9.18 Å². The fraction of sp³-hybridized carbons (Fsp3) is 0.533. The topological polar surface area (TPSA) is 55.1 Å². The van der Waals surface area contributed by atoms with Crippen molar-refractivity contribution in [1.82, 2.24) is 5.32 Å². The molecule has 1 aromatic carbocycles. The Morgan fingerprint density at radius 1 is 1.50 bits per heavy atom. The largest absolute Gasteiger partial charge is 0.368 e. The van der Waals surface area contributed by atoms with Gasteiger partial charge in [0.05, 0.1) is 5.54 Å². The molecule has 1 fully saturated rings. The maximum Gasteiger partial charge on any atom is 0.237 e. The molecule has 2 unspecified atom stereocenters. The van der Waals surface area contributed by atoms with E-state index >= 15 is 0 Å². The van der Waals surface area contributed by atoms with E-state index in [0.29, 0.717) is 5.25 Å². The zero-order chi connectivity index (χ0) is 14.6. The minimum Gasteiger partial charge on any atom is -0.368 e. The van der Waals surface area contributed by atoms with E-state index in [1.165, 1.54) is 12.1 Å². The third-order valence-corrected chi connectivity index (χ3v) is 5.09. The van der Waals surface area contributed by atoms with Crippen molar-refractivity contribution in [3.63, 3.8) is 0 Å². The molecule has 1 aromatic rings. The number of carbonyl (C=O) groups is 1. The van der Waals surface area contributed by atoms with Crippen molar-refractivity contribution in [2.24, 2.45) is 5.73 Å².